The Morgan fingerprint density at radius 3 is 2.62 bits per heavy atom. The normalized spacial score (nSPS) is 18.6. The second kappa shape index (κ2) is 5.57. The van der Waals surface area contributed by atoms with E-state index in [0.717, 1.165) is 0 Å². The maximum atomic E-state index is 13.4. The van der Waals surface area contributed by atoms with Gasteiger partial charge in [-0.15, -0.1) is 0 Å². The Labute approximate surface area is 118 Å². The molecule has 0 unspecified atom stereocenters. The van der Waals surface area contributed by atoms with E-state index < -0.39 is 25.3 Å². The summed E-state index contributed by atoms with van der Waals surface area (Å²) in [4.78, 5) is 1.42. The van der Waals surface area contributed by atoms with Gasteiger partial charge in [-0.2, -0.15) is 13.2 Å². The van der Waals surface area contributed by atoms with Crippen molar-refractivity contribution in [1.29, 1.82) is 0 Å². The summed E-state index contributed by atoms with van der Waals surface area (Å²) < 4.78 is 67.8. The summed E-state index contributed by atoms with van der Waals surface area (Å²) in [7, 11) is 0. The van der Waals surface area contributed by atoms with Crippen LogP contribution < -0.4 is 15.4 Å². The molecule has 3 nitrogen and oxygen atoms in total. The van der Waals surface area contributed by atoms with E-state index in [1.54, 1.807) is 0 Å². The van der Waals surface area contributed by atoms with Crippen LogP contribution in [-0.4, -0.2) is 31.8 Å². The third-order valence-electron chi connectivity index (χ3n) is 3.15. The molecule has 118 valence electrons. The fourth-order valence-corrected chi connectivity index (χ4v) is 2.19. The third-order valence-corrected chi connectivity index (χ3v) is 3.15. The number of alkyl halides is 5. The first-order valence-electron chi connectivity index (χ1n) is 6.38. The zero-order chi connectivity index (χ0) is 15.7. The van der Waals surface area contributed by atoms with Crippen molar-refractivity contribution in [3.05, 3.63) is 18.2 Å². The molecule has 1 aliphatic heterocycles. The van der Waals surface area contributed by atoms with Crippen LogP contribution in [0.4, 0.5) is 33.3 Å². The van der Waals surface area contributed by atoms with Gasteiger partial charge in [0.1, 0.15) is 5.75 Å². The van der Waals surface area contributed by atoms with Crippen LogP contribution in [0.25, 0.3) is 0 Å². The third kappa shape index (κ3) is 4.37. The number of nitrogens with two attached hydrogens (primary N) is 1. The highest BCUT2D eigenvalue weighted by molar-refractivity contribution is 5.62. The molecule has 0 atom stereocenters. The van der Waals surface area contributed by atoms with Gasteiger partial charge in [0, 0.05) is 24.7 Å². The quantitative estimate of drug-likeness (QED) is 0.686. The molecule has 1 aromatic rings. The Morgan fingerprint density at radius 2 is 2.00 bits per heavy atom. The number of anilines is 2. The maximum Gasteiger partial charge on any atom is 0.422 e. The summed E-state index contributed by atoms with van der Waals surface area (Å²) >= 11 is 0. The van der Waals surface area contributed by atoms with Gasteiger partial charge in [0.25, 0.3) is 5.92 Å². The average molecular weight is 310 g/mol. The molecule has 1 fully saturated rings. The number of halogens is 5. The van der Waals surface area contributed by atoms with Crippen LogP contribution in [0, 0.1) is 0 Å². The first-order chi connectivity index (χ1) is 9.66. The molecule has 1 saturated heterocycles. The van der Waals surface area contributed by atoms with Crippen LogP contribution in [-0.2, 0) is 0 Å². The van der Waals surface area contributed by atoms with Crippen molar-refractivity contribution in [2.45, 2.75) is 24.9 Å². The number of piperidine rings is 1. The number of benzene rings is 1. The Bertz CT molecular complexity index is 504. The standard InChI is InChI=1S/C13H15F5N2O/c14-12(15)4-1-5-20(7-12)9-2-3-10(19)11(6-9)21-8-13(16,17)18/h2-3,6H,1,4-5,7-8,19H2. The van der Waals surface area contributed by atoms with E-state index in [1.165, 1.54) is 23.1 Å². The van der Waals surface area contributed by atoms with Gasteiger partial charge in [-0.25, -0.2) is 8.78 Å². The van der Waals surface area contributed by atoms with E-state index in [2.05, 4.69) is 4.74 Å². The molecular weight excluding hydrogens is 295 g/mol. The molecule has 0 aliphatic carbocycles. The summed E-state index contributed by atoms with van der Waals surface area (Å²) in [6, 6.07) is 4.12. The Kier molecular flexibility index (Phi) is 4.15. The lowest BCUT2D eigenvalue weighted by Crippen LogP contribution is -2.42. The lowest BCUT2D eigenvalue weighted by atomic mass is 10.1. The summed E-state index contributed by atoms with van der Waals surface area (Å²) in [5.41, 5.74) is 5.95. The fourth-order valence-electron chi connectivity index (χ4n) is 2.19. The van der Waals surface area contributed by atoms with Crippen LogP contribution in [0.5, 0.6) is 5.75 Å². The Balaban J connectivity index is 2.14. The predicted molar refractivity (Wildman–Crippen MR) is 68.8 cm³/mol. The number of nitrogen functional groups attached to an aromatic ring is 1. The summed E-state index contributed by atoms with van der Waals surface area (Å²) in [5.74, 6) is -2.95. The lowest BCUT2D eigenvalue weighted by Gasteiger charge is -2.34. The molecule has 8 heteroatoms. The number of ether oxygens (including phenoxy) is 1. The van der Waals surface area contributed by atoms with Gasteiger partial charge >= 0.3 is 6.18 Å². The van der Waals surface area contributed by atoms with Gasteiger partial charge in [-0.1, -0.05) is 0 Å². The minimum atomic E-state index is -4.49. The number of nitrogens with zero attached hydrogens (tertiary/aromatic N) is 1. The number of hydrogen-bond donors (Lipinski definition) is 1. The summed E-state index contributed by atoms with van der Waals surface area (Å²) in [5, 5.41) is 0. The highest BCUT2D eigenvalue weighted by Gasteiger charge is 2.35. The molecule has 0 saturated carbocycles. The predicted octanol–water partition coefficient (Wildman–Crippen LogP) is 3.45. The Morgan fingerprint density at radius 1 is 1.29 bits per heavy atom. The first-order valence-corrected chi connectivity index (χ1v) is 6.38. The van der Waals surface area contributed by atoms with E-state index in [0.29, 0.717) is 18.7 Å². The molecular formula is C13H15F5N2O. The van der Waals surface area contributed by atoms with E-state index >= 15 is 0 Å². The molecule has 0 spiro atoms. The van der Waals surface area contributed by atoms with Crippen molar-refractivity contribution in [1.82, 2.24) is 0 Å². The minimum absolute atomic E-state index is 0.0340. The fraction of sp³-hybridized carbons (Fsp3) is 0.538. The SMILES string of the molecule is Nc1ccc(N2CCCC(F)(F)C2)cc1OCC(F)(F)F. The van der Waals surface area contributed by atoms with Gasteiger partial charge < -0.3 is 15.4 Å². The van der Waals surface area contributed by atoms with Crippen molar-refractivity contribution in [3.8, 4) is 5.75 Å². The van der Waals surface area contributed by atoms with Crippen LogP contribution in [0.2, 0.25) is 0 Å². The van der Waals surface area contributed by atoms with Crippen LogP contribution >= 0.6 is 0 Å². The van der Waals surface area contributed by atoms with Crippen molar-refractivity contribution in [2.24, 2.45) is 0 Å². The van der Waals surface area contributed by atoms with Crippen LogP contribution in [0.3, 0.4) is 0 Å². The zero-order valence-corrected chi connectivity index (χ0v) is 11.1. The highest BCUT2D eigenvalue weighted by atomic mass is 19.4. The molecule has 0 bridgehead atoms. The second-order valence-corrected chi connectivity index (χ2v) is 5.01. The maximum absolute atomic E-state index is 13.4. The summed E-state index contributed by atoms with van der Waals surface area (Å²) in [6.07, 6.45) is -4.35. The van der Waals surface area contributed by atoms with Crippen LogP contribution in [0.15, 0.2) is 18.2 Å². The van der Waals surface area contributed by atoms with Gasteiger partial charge in [0.2, 0.25) is 0 Å². The van der Waals surface area contributed by atoms with Crippen molar-refractivity contribution >= 4 is 11.4 Å². The first kappa shape index (κ1) is 15.7. The molecule has 21 heavy (non-hydrogen) atoms. The zero-order valence-electron chi connectivity index (χ0n) is 11.1. The van der Waals surface area contributed by atoms with E-state index in [-0.39, 0.29) is 17.9 Å². The second-order valence-electron chi connectivity index (χ2n) is 5.01. The number of rotatable bonds is 3. The smallest absolute Gasteiger partial charge is 0.422 e. The van der Waals surface area contributed by atoms with Crippen molar-refractivity contribution in [2.75, 3.05) is 30.3 Å². The van der Waals surface area contributed by atoms with Gasteiger partial charge in [-0.3, -0.25) is 0 Å². The van der Waals surface area contributed by atoms with E-state index in [4.69, 9.17) is 5.73 Å². The molecule has 1 aromatic carbocycles. The minimum Gasteiger partial charge on any atom is -0.482 e. The van der Waals surface area contributed by atoms with Crippen LogP contribution in [0.1, 0.15) is 12.8 Å². The van der Waals surface area contributed by atoms with Gasteiger partial charge in [-0.05, 0) is 18.6 Å². The topological polar surface area (TPSA) is 38.5 Å². The molecule has 1 heterocycles. The van der Waals surface area contributed by atoms with Gasteiger partial charge in [0.05, 0.1) is 12.2 Å². The van der Waals surface area contributed by atoms with Crippen molar-refractivity contribution < 1.29 is 26.7 Å². The molecule has 2 N–H and O–H groups in total. The molecule has 0 radical (unpaired) electrons. The van der Waals surface area contributed by atoms with E-state index in [1.807, 2.05) is 0 Å². The average Bonchev–Trinajstić information content (AvgIpc) is 2.35. The molecule has 0 amide bonds. The molecule has 0 aromatic heterocycles. The largest absolute Gasteiger partial charge is 0.482 e. The molecule has 1 aliphatic rings. The van der Waals surface area contributed by atoms with Crippen molar-refractivity contribution in [3.63, 3.8) is 0 Å². The van der Waals surface area contributed by atoms with Gasteiger partial charge in [0.15, 0.2) is 6.61 Å². The summed E-state index contributed by atoms with van der Waals surface area (Å²) in [6.45, 7) is -1.52. The highest BCUT2D eigenvalue weighted by Crippen LogP contribution is 2.34. The number of hydrogen-bond acceptors (Lipinski definition) is 3. The lowest BCUT2D eigenvalue weighted by molar-refractivity contribution is -0.153. The van der Waals surface area contributed by atoms with E-state index in [9.17, 15) is 22.0 Å². The Hall–Kier alpha value is -1.73. The molecule has 2 rings (SSSR count). The monoisotopic (exact) mass is 310 g/mol.